The topological polar surface area (TPSA) is 113 Å². The van der Waals surface area contributed by atoms with Gasteiger partial charge in [-0.2, -0.15) is 0 Å². The summed E-state index contributed by atoms with van der Waals surface area (Å²) < 4.78 is 58.5. The van der Waals surface area contributed by atoms with Gasteiger partial charge in [0.25, 0.3) is 0 Å². The van der Waals surface area contributed by atoms with Crippen molar-refractivity contribution in [3.63, 3.8) is 0 Å². The van der Waals surface area contributed by atoms with Crippen LogP contribution in [0.1, 0.15) is 24.9 Å². The van der Waals surface area contributed by atoms with Crippen LogP contribution in [0, 0.1) is 0 Å². The number of hydrogen-bond acceptors (Lipinski definition) is 7. The highest BCUT2D eigenvalue weighted by molar-refractivity contribution is 7.94. The molecule has 174 valence electrons. The van der Waals surface area contributed by atoms with Gasteiger partial charge in [-0.05, 0) is 63.0 Å². The summed E-state index contributed by atoms with van der Waals surface area (Å²) in [6.07, 6.45) is -0.0819. The van der Waals surface area contributed by atoms with Crippen molar-refractivity contribution in [2.45, 2.75) is 24.3 Å². The number of anilines is 1. The standard InChI is InChI=1S/C21H27N3O6S2/c1-4-30-18-9-5-16(6-10-18)20(23(2)3)15-22-32(28,29)19-11-7-17(8-12-19)24-21(25)13-14-31(24,26)27/h5-12,20,22H,4,13-15H2,1-3H3. The normalized spacial score (nSPS) is 17.0. The lowest BCUT2D eigenvalue weighted by Gasteiger charge is -2.25. The summed E-state index contributed by atoms with van der Waals surface area (Å²) in [6, 6.07) is 12.5. The number of carbonyl (C=O) groups excluding carboxylic acids is 1. The molecule has 0 aliphatic carbocycles. The average molecular weight is 482 g/mol. The fraction of sp³-hybridized carbons (Fsp3) is 0.381. The number of amides is 1. The van der Waals surface area contributed by atoms with E-state index >= 15 is 0 Å². The predicted octanol–water partition coefficient (Wildman–Crippen LogP) is 1.73. The minimum Gasteiger partial charge on any atom is -0.494 e. The van der Waals surface area contributed by atoms with E-state index < -0.39 is 26.0 Å². The zero-order valence-corrected chi connectivity index (χ0v) is 19.8. The van der Waals surface area contributed by atoms with Gasteiger partial charge in [0.05, 0.1) is 22.9 Å². The van der Waals surface area contributed by atoms with Crippen LogP contribution in [-0.2, 0) is 24.8 Å². The van der Waals surface area contributed by atoms with Crippen molar-refractivity contribution in [2.75, 3.05) is 37.3 Å². The van der Waals surface area contributed by atoms with Crippen LogP contribution in [0.15, 0.2) is 53.4 Å². The predicted molar refractivity (Wildman–Crippen MR) is 122 cm³/mol. The molecule has 1 unspecified atom stereocenters. The Morgan fingerprint density at radius 3 is 2.22 bits per heavy atom. The number of rotatable bonds is 9. The molecule has 1 aliphatic rings. The van der Waals surface area contributed by atoms with Gasteiger partial charge in [0.15, 0.2) is 0 Å². The number of sulfonamides is 2. The fourth-order valence-corrected chi connectivity index (χ4v) is 5.95. The summed E-state index contributed by atoms with van der Waals surface area (Å²) in [6.45, 7) is 2.59. The van der Waals surface area contributed by atoms with Crippen molar-refractivity contribution in [2.24, 2.45) is 0 Å². The first-order valence-corrected chi connectivity index (χ1v) is 13.2. The molecule has 0 bridgehead atoms. The number of nitrogens with zero attached hydrogens (tertiary/aromatic N) is 2. The van der Waals surface area contributed by atoms with Gasteiger partial charge in [-0.1, -0.05) is 12.1 Å². The van der Waals surface area contributed by atoms with Crippen molar-refractivity contribution in [3.8, 4) is 5.75 Å². The lowest BCUT2D eigenvalue weighted by molar-refractivity contribution is -0.116. The van der Waals surface area contributed by atoms with E-state index in [1.54, 1.807) is 0 Å². The van der Waals surface area contributed by atoms with Gasteiger partial charge in [-0.3, -0.25) is 4.79 Å². The second-order valence-electron chi connectivity index (χ2n) is 7.55. The molecule has 1 saturated heterocycles. The van der Waals surface area contributed by atoms with Gasteiger partial charge in [0, 0.05) is 19.0 Å². The van der Waals surface area contributed by atoms with Crippen molar-refractivity contribution in [1.82, 2.24) is 9.62 Å². The zero-order chi connectivity index (χ0) is 23.5. The van der Waals surface area contributed by atoms with Crippen LogP contribution < -0.4 is 13.8 Å². The Hall–Kier alpha value is -2.47. The highest BCUT2D eigenvalue weighted by Gasteiger charge is 2.36. The molecule has 0 saturated carbocycles. The van der Waals surface area contributed by atoms with Crippen LogP contribution in [0.4, 0.5) is 5.69 Å². The molecule has 1 heterocycles. The van der Waals surface area contributed by atoms with Crippen molar-refractivity contribution >= 4 is 31.6 Å². The molecule has 3 rings (SSSR count). The highest BCUT2D eigenvalue weighted by atomic mass is 32.2. The number of nitrogens with one attached hydrogen (secondary N) is 1. The van der Waals surface area contributed by atoms with E-state index in [0.717, 1.165) is 15.6 Å². The first kappa shape index (κ1) is 24.2. The molecule has 11 heteroatoms. The molecule has 0 radical (unpaired) electrons. The van der Waals surface area contributed by atoms with Crippen molar-refractivity contribution in [3.05, 3.63) is 54.1 Å². The third-order valence-electron chi connectivity index (χ3n) is 5.13. The van der Waals surface area contributed by atoms with Crippen LogP contribution >= 0.6 is 0 Å². The molecule has 2 aromatic rings. The van der Waals surface area contributed by atoms with Crippen LogP contribution in [-0.4, -0.2) is 60.6 Å². The Labute approximate surface area is 189 Å². The summed E-state index contributed by atoms with van der Waals surface area (Å²) in [5.74, 6) is -0.0268. The monoisotopic (exact) mass is 481 g/mol. The third kappa shape index (κ3) is 5.29. The molecule has 2 aromatic carbocycles. The van der Waals surface area contributed by atoms with Crippen molar-refractivity contribution in [1.29, 1.82) is 0 Å². The molecular weight excluding hydrogens is 454 g/mol. The van der Waals surface area contributed by atoms with E-state index in [4.69, 9.17) is 4.74 Å². The minimum atomic E-state index is -3.85. The molecule has 1 fully saturated rings. The average Bonchev–Trinajstić information content (AvgIpc) is 3.01. The number of benzene rings is 2. The van der Waals surface area contributed by atoms with Gasteiger partial charge >= 0.3 is 0 Å². The maximum Gasteiger partial charge on any atom is 0.242 e. The van der Waals surface area contributed by atoms with E-state index in [1.165, 1.54) is 24.3 Å². The molecule has 0 spiro atoms. The quantitative estimate of drug-likeness (QED) is 0.580. The SMILES string of the molecule is CCOc1ccc(C(CNS(=O)(=O)c2ccc(N3C(=O)CCS3(=O)=O)cc2)N(C)C)cc1. The number of ether oxygens (including phenoxy) is 1. The Bertz CT molecular complexity index is 1160. The van der Waals surface area contributed by atoms with Crippen LogP contribution in [0.5, 0.6) is 5.75 Å². The van der Waals surface area contributed by atoms with Gasteiger partial charge in [0.2, 0.25) is 26.0 Å². The van der Waals surface area contributed by atoms with Crippen LogP contribution in [0.25, 0.3) is 0 Å². The summed E-state index contributed by atoms with van der Waals surface area (Å²) in [5, 5.41) is 0. The van der Waals surface area contributed by atoms with E-state index in [1.807, 2.05) is 50.2 Å². The molecule has 1 N–H and O–H groups in total. The Kier molecular flexibility index (Phi) is 7.23. The van der Waals surface area contributed by atoms with Gasteiger partial charge in [0.1, 0.15) is 5.75 Å². The lowest BCUT2D eigenvalue weighted by atomic mass is 10.1. The second-order valence-corrected chi connectivity index (χ2v) is 11.3. The smallest absolute Gasteiger partial charge is 0.242 e. The Balaban J connectivity index is 1.74. The molecular formula is C21H27N3O6S2. The third-order valence-corrected chi connectivity index (χ3v) is 8.26. The maximum atomic E-state index is 12.8. The lowest BCUT2D eigenvalue weighted by Crippen LogP contribution is -2.34. The second kappa shape index (κ2) is 9.57. The summed E-state index contributed by atoms with van der Waals surface area (Å²) in [5.41, 5.74) is 1.06. The fourth-order valence-electron chi connectivity index (χ4n) is 3.45. The largest absolute Gasteiger partial charge is 0.494 e. The molecule has 32 heavy (non-hydrogen) atoms. The number of hydrogen-bond donors (Lipinski definition) is 1. The van der Waals surface area contributed by atoms with Gasteiger partial charge in [-0.25, -0.2) is 25.9 Å². The van der Waals surface area contributed by atoms with Crippen LogP contribution in [0.2, 0.25) is 0 Å². The van der Waals surface area contributed by atoms with E-state index in [2.05, 4.69) is 4.72 Å². The summed E-state index contributed by atoms with van der Waals surface area (Å²) in [4.78, 5) is 13.8. The molecule has 1 amide bonds. The number of carbonyl (C=O) groups is 1. The van der Waals surface area contributed by atoms with E-state index in [0.29, 0.717) is 6.61 Å². The minimum absolute atomic E-state index is 0.0190. The first-order chi connectivity index (χ1) is 15.0. The molecule has 1 atom stereocenters. The Morgan fingerprint density at radius 1 is 1.09 bits per heavy atom. The maximum absolute atomic E-state index is 12.8. The Morgan fingerprint density at radius 2 is 1.72 bits per heavy atom. The zero-order valence-electron chi connectivity index (χ0n) is 18.2. The first-order valence-electron chi connectivity index (χ1n) is 10.1. The summed E-state index contributed by atoms with van der Waals surface area (Å²) >= 11 is 0. The molecule has 9 nitrogen and oxygen atoms in total. The number of likely N-dealkylation sites (N-methyl/N-ethyl adjacent to an activating group) is 1. The van der Waals surface area contributed by atoms with Gasteiger partial charge in [-0.15, -0.1) is 0 Å². The van der Waals surface area contributed by atoms with E-state index in [9.17, 15) is 21.6 Å². The molecule has 1 aliphatic heterocycles. The van der Waals surface area contributed by atoms with Crippen molar-refractivity contribution < 1.29 is 26.4 Å². The van der Waals surface area contributed by atoms with Gasteiger partial charge < -0.3 is 9.64 Å². The summed E-state index contributed by atoms with van der Waals surface area (Å²) in [7, 11) is -3.83. The van der Waals surface area contributed by atoms with E-state index in [-0.39, 0.29) is 35.3 Å². The highest BCUT2D eigenvalue weighted by Crippen LogP contribution is 2.27. The van der Waals surface area contributed by atoms with Crippen LogP contribution in [0.3, 0.4) is 0 Å². The molecule has 0 aromatic heterocycles.